The Morgan fingerprint density at radius 3 is 2.29 bits per heavy atom. The maximum Gasteiger partial charge on any atom is 0.508 e. The third-order valence-electron chi connectivity index (χ3n) is 2.95. The van der Waals surface area contributed by atoms with Crippen molar-refractivity contribution in [2.24, 2.45) is 0 Å². The number of hydrogen-bond acceptors (Lipinski definition) is 5. The molecule has 0 saturated heterocycles. The molecule has 0 heterocycles. The van der Waals surface area contributed by atoms with Gasteiger partial charge in [-0.3, -0.25) is 4.79 Å². The van der Waals surface area contributed by atoms with Gasteiger partial charge in [-0.2, -0.15) is 0 Å². The summed E-state index contributed by atoms with van der Waals surface area (Å²) in [6.45, 7) is 1.91. The molecule has 1 N–H and O–H groups in total. The number of carbonyl (C=O) groups is 2. The molecular formula is C18H19NO5. The highest BCUT2D eigenvalue weighted by Gasteiger charge is 2.04. The van der Waals surface area contributed by atoms with Crippen LogP contribution in [0, 0.1) is 0 Å². The van der Waals surface area contributed by atoms with Crippen molar-refractivity contribution < 1.29 is 23.8 Å². The second-order valence-corrected chi connectivity index (χ2v) is 4.93. The van der Waals surface area contributed by atoms with Gasteiger partial charge in [0.15, 0.2) is 0 Å². The third-order valence-corrected chi connectivity index (χ3v) is 2.95. The molecule has 0 bridgehead atoms. The summed E-state index contributed by atoms with van der Waals surface area (Å²) in [4.78, 5) is 22.3. The summed E-state index contributed by atoms with van der Waals surface area (Å²) in [6, 6.07) is 16.3. The average molecular weight is 329 g/mol. The van der Waals surface area contributed by atoms with E-state index in [1.807, 2.05) is 30.3 Å². The Balaban J connectivity index is 1.62. The monoisotopic (exact) mass is 329 g/mol. The van der Waals surface area contributed by atoms with E-state index in [0.29, 0.717) is 11.4 Å². The average Bonchev–Trinajstić information content (AvgIpc) is 2.59. The minimum Gasteiger partial charge on any atom is -0.490 e. The normalized spacial score (nSPS) is 9.88. The van der Waals surface area contributed by atoms with Crippen molar-refractivity contribution in [2.45, 2.75) is 13.5 Å². The van der Waals surface area contributed by atoms with Gasteiger partial charge < -0.3 is 19.5 Å². The lowest BCUT2D eigenvalue weighted by Crippen LogP contribution is -2.13. The number of hydrogen-bond donors (Lipinski definition) is 1. The number of carbonyl (C=O) groups excluding carboxylic acids is 2. The Morgan fingerprint density at radius 2 is 1.62 bits per heavy atom. The van der Waals surface area contributed by atoms with Gasteiger partial charge in [-0.25, -0.2) is 4.79 Å². The van der Waals surface area contributed by atoms with Gasteiger partial charge in [-0.1, -0.05) is 30.3 Å². The number of ether oxygens (including phenoxy) is 3. The minimum atomic E-state index is -0.733. The van der Waals surface area contributed by atoms with Gasteiger partial charge >= 0.3 is 6.16 Å². The Kier molecular flexibility index (Phi) is 6.64. The fraction of sp³-hybridized carbons (Fsp3) is 0.222. The molecule has 0 radical (unpaired) electrons. The van der Waals surface area contributed by atoms with Crippen molar-refractivity contribution in [2.75, 3.05) is 18.5 Å². The molecule has 6 nitrogen and oxygen atoms in total. The first kappa shape index (κ1) is 17.3. The second-order valence-electron chi connectivity index (χ2n) is 4.93. The van der Waals surface area contributed by atoms with Crippen molar-refractivity contribution in [3.8, 4) is 5.75 Å². The predicted molar refractivity (Wildman–Crippen MR) is 88.8 cm³/mol. The summed E-state index contributed by atoms with van der Waals surface area (Å²) in [6.07, 6.45) is -0.733. The van der Waals surface area contributed by atoms with Crippen molar-refractivity contribution >= 4 is 17.7 Å². The highest BCUT2D eigenvalue weighted by Crippen LogP contribution is 2.15. The van der Waals surface area contributed by atoms with Crippen LogP contribution in [-0.2, 0) is 20.9 Å². The lowest BCUT2D eigenvalue weighted by atomic mass is 10.2. The number of anilines is 1. The van der Waals surface area contributed by atoms with Crippen molar-refractivity contribution in [3.63, 3.8) is 0 Å². The second kappa shape index (κ2) is 9.19. The molecule has 0 fully saturated rings. The molecule has 2 aromatic carbocycles. The largest absolute Gasteiger partial charge is 0.508 e. The first-order chi connectivity index (χ1) is 11.6. The van der Waals surface area contributed by atoms with E-state index in [0.717, 1.165) is 5.56 Å². The maximum atomic E-state index is 11.4. The lowest BCUT2D eigenvalue weighted by molar-refractivity contribution is -0.114. The van der Waals surface area contributed by atoms with Crippen LogP contribution in [0.3, 0.4) is 0 Å². The number of nitrogens with one attached hydrogen (secondary N) is 1. The Labute approximate surface area is 140 Å². The molecule has 2 rings (SSSR count). The van der Waals surface area contributed by atoms with E-state index in [1.165, 1.54) is 6.92 Å². The standard InChI is InChI=1S/C18H19NO5/c1-14(20)19-16-7-9-17(10-8-16)22-11-12-23-18(21)24-13-15-5-3-2-4-6-15/h2-10H,11-13H2,1H3,(H,19,20). The van der Waals surface area contributed by atoms with E-state index in [-0.39, 0.29) is 25.7 Å². The molecule has 0 aliphatic carbocycles. The summed E-state index contributed by atoms with van der Waals surface area (Å²) in [5, 5.41) is 2.66. The molecule has 0 unspecified atom stereocenters. The third kappa shape index (κ3) is 6.39. The highest BCUT2D eigenvalue weighted by molar-refractivity contribution is 5.88. The van der Waals surface area contributed by atoms with E-state index in [9.17, 15) is 9.59 Å². The van der Waals surface area contributed by atoms with Crippen LogP contribution in [0.5, 0.6) is 5.75 Å². The van der Waals surface area contributed by atoms with Gasteiger partial charge in [-0.15, -0.1) is 0 Å². The van der Waals surface area contributed by atoms with E-state index >= 15 is 0 Å². The van der Waals surface area contributed by atoms with Gasteiger partial charge in [-0.05, 0) is 29.8 Å². The molecule has 1 amide bonds. The molecular weight excluding hydrogens is 310 g/mol. The zero-order chi connectivity index (χ0) is 17.2. The predicted octanol–water partition coefficient (Wildman–Crippen LogP) is 3.38. The lowest BCUT2D eigenvalue weighted by Gasteiger charge is -2.09. The first-order valence-corrected chi connectivity index (χ1v) is 7.47. The van der Waals surface area contributed by atoms with Crippen molar-refractivity contribution in [3.05, 3.63) is 60.2 Å². The van der Waals surface area contributed by atoms with Crippen LogP contribution in [0.4, 0.5) is 10.5 Å². The zero-order valence-corrected chi connectivity index (χ0v) is 13.4. The van der Waals surface area contributed by atoms with Crippen molar-refractivity contribution in [1.29, 1.82) is 0 Å². The quantitative estimate of drug-likeness (QED) is 0.623. The van der Waals surface area contributed by atoms with Crippen LogP contribution < -0.4 is 10.1 Å². The van der Waals surface area contributed by atoms with Gasteiger partial charge in [0.25, 0.3) is 0 Å². The van der Waals surface area contributed by atoms with Gasteiger partial charge in [0.05, 0.1) is 0 Å². The molecule has 2 aromatic rings. The van der Waals surface area contributed by atoms with Gasteiger partial charge in [0, 0.05) is 12.6 Å². The van der Waals surface area contributed by atoms with Crippen LogP contribution >= 0.6 is 0 Å². The van der Waals surface area contributed by atoms with E-state index in [2.05, 4.69) is 5.32 Å². The molecule has 0 aliphatic rings. The molecule has 0 saturated carbocycles. The summed E-state index contributed by atoms with van der Waals surface area (Å²) in [7, 11) is 0. The fourth-order valence-electron chi connectivity index (χ4n) is 1.88. The highest BCUT2D eigenvalue weighted by atomic mass is 16.7. The smallest absolute Gasteiger partial charge is 0.490 e. The molecule has 24 heavy (non-hydrogen) atoms. The van der Waals surface area contributed by atoms with E-state index in [1.54, 1.807) is 24.3 Å². The molecule has 0 aromatic heterocycles. The summed E-state index contributed by atoms with van der Waals surface area (Å²) in [5.41, 5.74) is 1.58. The molecule has 0 spiro atoms. The van der Waals surface area contributed by atoms with Crippen LogP contribution in [0.2, 0.25) is 0 Å². The fourth-order valence-corrected chi connectivity index (χ4v) is 1.88. The van der Waals surface area contributed by atoms with Crippen LogP contribution in [0.1, 0.15) is 12.5 Å². The first-order valence-electron chi connectivity index (χ1n) is 7.47. The minimum absolute atomic E-state index is 0.0844. The van der Waals surface area contributed by atoms with Gasteiger partial charge in [0.2, 0.25) is 5.91 Å². The van der Waals surface area contributed by atoms with Crippen LogP contribution in [-0.4, -0.2) is 25.3 Å². The summed E-state index contributed by atoms with van der Waals surface area (Å²) >= 11 is 0. The molecule has 6 heteroatoms. The molecule has 126 valence electrons. The topological polar surface area (TPSA) is 73.9 Å². The van der Waals surface area contributed by atoms with Gasteiger partial charge in [0.1, 0.15) is 25.6 Å². The van der Waals surface area contributed by atoms with Crippen LogP contribution in [0.25, 0.3) is 0 Å². The summed E-state index contributed by atoms with van der Waals surface area (Å²) in [5.74, 6) is 0.483. The zero-order valence-electron chi connectivity index (χ0n) is 13.4. The number of benzene rings is 2. The van der Waals surface area contributed by atoms with E-state index in [4.69, 9.17) is 14.2 Å². The Bertz CT molecular complexity index is 655. The van der Waals surface area contributed by atoms with Crippen LogP contribution in [0.15, 0.2) is 54.6 Å². The molecule has 0 aliphatic heterocycles. The Morgan fingerprint density at radius 1 is 0.917 bits per heavy atom. The maximum absolute atomic E-state index is 11.4. The summed E-state index contributed by atoms with van der Waals surface area (Å²) < 4.78 is 15.3. The molecule has 0 atom stereocenters. The Hall–Kier alpha value is -3.02. The number of rotatable bonds is 7. The SMILES string of the molecule is CC(=O)Nc1ccc(OCCOC(=O)OCc2ccccc2)cc1. The van der Waals surface area contributed by atoms with Crippen molar-refractivity contribution in [1.82, 2.24) is 0 Å². The van der Waals surface area contributed by atoms with E-state index < -0.39 is 6.16 Å². The number of amides is 1.